The molecule has 98 valence electrons. The van der Waals surface area contributed by atoms with E-state index < -0.39 is 17.8 Å². The van der Waals surface area contributed by atoms with Crippen molar-refractivity contribution in [1.82, 2.24) is 5.32 Å². The minimum absolute atomic E-state index is 0.105. The number of nitrogens with one attached hydrogen (secondary N) is 1. The monoisotopic (exact) mass is 249 g/mol. The third-order valence-electron chi connectivity index (χ3n) is 3.70. The van der Waals surface area contributed by atoms with Crippen molar-refractivity contribution in [3.05, 3.63) is 24.3 Å². The fourth-order valence-corrected chi connectivity index (χ4v) is 2.61. The summed E-state index contributed by atoms with van der Waals surface area (Å²) in [5.41, 5.74) is 0. The van der Waals surface area contributed by atoms with Crippen molar-refractivity contribution in [2.45, 2.75) is 38.1 Å². The Labute approximate surface area is 107 Å². The molecule has 0 bridgehead atoms. The average Bonchev–Trinajstić information content (AvgIpc) is 2.40. The number of hydrogen-bond donors (Lipinski definition) is 2. The van der Waals surface area contributed by atoms with E-state index in [4.69, 9.17) is 5.11 Å². The Kier molecular flexibility index (Phi) is 4.18. The summed E-state index contributed by atoms with van der Waals surface area (Å²) in [6, 6.07) is 0.169. The van der Waals surface area contributed by atoms with Crippen LogP contribution in [0.3, 0.4) is 0 Å². The first-order chi connectivity index (χ1) is 8.68. The van der Waals surface area contributed by atoms with Gasteiger partial charge in [0.25, 0.3) is 0 Å². The highest BCUT2D eigenvalue weighted by atomic mass is 16.4. The zero-order valence-electron chi connectivity index (χ0n) is 10.3. The molecule has 1 unspecified atom stereocenters. The first-order valence-electron chi connectivity index (χ1n) is 6.51. The van der Waals surface area contributed by atoms with Gasteiger partial charge in [-0.3, -0.25) is 9.59 Å². The summed E-state index contributed by atoms with van der Waals surface area (Å²) in [5.74, 6) is -1.97. The van der Waals surface area contributed by atoms with Gasteiger partial charge in [-0.15, -0.1) is 0 Å². The number of amides is 1. The van der Waals surface area contributed by atoms with E-state index in [1.165, 1.54) is 0 Å². The van der Waals surface area contributed by atoms with Gasteiger partial charge in [0.05, 0.1) is 11.8 Å². The smallest absolute Gasteiger partial charge is 0.307 e. The number of rotatable bonds is 3. The van der Waals surface area contributed by atoms with Gasteiger partial charge >= 0.3 is 5.97 Å². The van der Waals surface area contributed by atoms with E-state index in [1.807, 2.05) is 12.2 Å². The molecule has 0 aliphatic heterocycles. The second-order valence-corrected chi connectivity index (χ2v) is 4.98. The zero-order chi connectivity index (χ0) is 13.0. The molecule has 0 saturated carbocycles. The van der Waals surface area contributed by atoms with Crippen LogP contribution >= 0.6 is 0 Å². The van der Waals surface area contributed by atoms with Crippen LogP contribution in [0.25, 0.3) is 0 Å². The highest BCUT2D eigenvalue weighted by molar-refractivity contribution is 5.85. The molecule has 3 atom stereocenters. The third-order valence-corrected chi connectivity index (χ3v) is 3.70. The van der Waals surface area contributed by atoms with Crippen LogP contribution in [-0.4, -0.2) is 23.0 Å². The van der Waals surface area contributed by atoms with E-state index in [9.17, 15) is 9.59 Å². The lowest BCUT2D eigenvalue weighted by Gasteiger charge is -2.27. The van der Waals surface area contributed by atoms with Crippen molar-refractivity contribution in [3.63, 3.8) is 0 Å². The van der Waals surface area contributed by atoms with E-state index in [-0.39, 0.29) is 11.9 Å². The quantitative estimate of drug-likeness (QED) is 0.750. The standard InChI is InChI=1S/C14H19NO3/c16-13(15-10-6-2-1-3-7-10)11-8-4-5-9-12(11)14(17)18/h1-2,4-5,10-12H,3,6-9H2,(H,15,16)(H,17,18)/t10?,11-,12+/m1/s1. The van der Waals surface area contributed by atoms with Crippen molar-refractivity contribution in [3.8, 4) is 0 Å². The molecule has 0 aromatic rings. The van der Waals surface area contributed by atoms with Gasteiger partial charge in [-0.05, 0) is 32.1 Å². The van der Waals surface area contributed by atoms with Crippen LogP contribution in [0.2, 0.25) is 0 Å². The van der Waals surface area contributed by atoms with Crippen LogP contribution in [0.4, 0.5) is 0 Å². The average molecular weight is 249 g/mol. The van der Waals surface area contributed by atoms with Gasteiger partial charge in [-0.2, -0.15) is 0 Å². The fourth-order valence-electron chi connectivity index (χ4n) is 2.61. The van der Waals surface area contributed by atoms with Gasteiger partial charge in [-0.25, -0.2) is 0 Å². The van der Waals surface area contributed by atoms with Crippen LogP contribution < -0.4 is 5.32 Å². The maximum Gasteiger partial charge on any atom is 0.307 e. The van der Waals surface area contributed by atoms with Gasteiger partial charge in [0.1, 0.15) is 0 Å². The Bertz CT molecular complexity index is 387. The van der Waals surface area contributed by atoms with Crippen molar-refractivity contribution >= 4 is 11.9 Å². The maximum absolute atomic E-state index is 12.1. The van der Waals surface area contributed by atoms with Crippen molar-refractivity contribution in [2.75, 3.05) is 0 Å². The van der Waals surface area contributed by atoms with Gasteiger partial charge in [0.2, 0.25) is 5.91 Å². The summed E-state index contributed by atoms with van der Waals surface area (Å²) in [5, 5.41) is 12.1. The molecule has 1 amide bonds. The normalized spacial score (nSPS) is 31.0. The molecule has 2 rings (SSSR count). The van der Waals surface area contributed by atoms with E-state index >= 15 is 0 Å². The number of carbonyl (C=O) groups is 2. The zero-order valence-corrected chi connectivity index (χ0v) is 10.3. The molecule has 0 fully saturated rings. The van der Waals surface area contributed by atoms with E-state index in [0.29, 0.717) is 12.8 Å². The molecule has 2 aliphatic rings. The van der Waals surface area contributed by atoms with Crippen LogP contribution in [0.5, 0.6) is 0 Å². The van der Waals surface area contributed by atoms with Crippen molar-refractivity contribution in [2.24, 2.45) is 11.8 Å². The van der Waals surface area contributed by atoms with E-state index in [1.54, 1.807) is 0 Å². The molecule has 18 heavy (non-hydrogen) atoms. The molecule has 0 aromatic carbocycles. The topological polar surface area (TPSA) is 66.4 Å². The maximum atomic E-state index is 12.1. The molecular formula is C14H19NO3. The van der Waals surface area contributed by atoms with Crippen molar-refractivity contribution < 1.29 is 14.7 Å². The summed E-state index contributed by atoms with van der Waals surface area (Å²) in [6.45, 7) is 0. The molecule has 2 aliphatic carbocycles. The second-order valence-electron chi connectivity index (χ2n) is 4.98. The largest absolute Gasteiger partial charge is 0.481 e. The summed E-state index contributed by atoms with van der Waals surface area (Å²) in [4.78, 5) is 23.3. The van der Waals surface area contributed by atoms with Crippen LogP contribution in [0, 0.1) is 11.8 Å². The number of hydrogen-bond acceptors (Lipinski definition) is 2. The number of carboxylic acids is 1. The number of aliphatic carboxylic acids is 1. The van der Waals surface area contributed by atoms with Gasteiger partial charge < -0.3 is 10.4 Å². The lowest BCUT2D eigenvalue weighted by atomic mass is 9.82. The Morgan fingerprint density at radius 1 is 1.00 bits per heavy atom. The van der Waals surface area contributed by atoms with Gasteiger partial charge in [0, 0.05) is 6.04 Å². The van der Waals surface area contributed by atoms with Gasteiger partial charge in [-0.1, -0.05) is 24.3 Å². The number of carbonyl (C=O) groups excluding carboxylic acids is 1. The van der Waals surface area contributed by atoms with Crippen LogP contribution in [-0.2, 0) is 9.59 Å². The van der Waals surface area contributed by atoms with Crippen LogP contribution in [0.1, 0.15) is 32.1 Å². The SMILES string of the molecule is O=C(O)[C@H]1CC=CC[C@H]1C(=O)NC1CC=CCC1. The first kappa shape index (κ1) is 12.9. The number of carboxylic acid groups (broad SMARTS) is 1. The predicted molar refractivity (Wildman–Crippen MR) is 67.9 cm³/mol. The first-order valence-corrected chi connectivity index (χ1v) is 6.51. The lowest BCUT2D eigenvalue weighted by molar-refractivity contribution is -0.147. The summed E-state index contributed by atoms with van der Waals surface area (Å²) >= 11 is 0. The fraction of sp³-hybridized carbons (Fsp3) is 0.571. The highest BCUT2D eigenvalue weighted by Crippen LogP contribution is 2.26. The Morgan fingerprint density at radius 3 is 2.28 bits per heavy atom. The van der Waals surface area contributed by atoms with Gasteiger partial charge in [0.15, 0.2) is 0 Å². The Balaban J connectivity index is 1.96. The third kappa shape index (κ3) is 3.00. The minimum atomic E-state index is -0.872. The van der Waals surface area contributed by atoms with Crippen molar-refractivity contribution in [1.29, 1.82) is 0 Å². The highest BCUT2D eigenvalue weighted by Gasteiger charge is 2.34. The molecule has 0 spiro atoms. The lowest BCUT2D eigenvalue weighted by Crippen LogP contribution is -2.43. The number of allylic oxidation sites excluding steroid dienone is 3. The molecular weight excluding hydrogens is 230 g/mol. The predicted octanol–water partition coefficient (Wildman–Crippen LogP) is 1.88. The second kappa shape index (κ2) is 5.85. The Morgan fingerprint density at radius 2 is 1.67 bits per heavy atom. The van der Waals surface area contributed by atoms with Crippen LogP contribution in [0.15, 0.2) is 24.3 Å². The molecule has 2 N–H and O–H groups in total. The minimum Gasteiger partial charge on any atom is -0.481 e. The summed E-state index contributed by atoms with van der Waals surface area (Å²) in [7, 11) is 0. The molecule has 4 heteroatoms. The molecule has 4 nitrogen and oxygen atoms in total. The van der Waals surface area contributed by atoms with E-state index in [0.717, 1.165) is 19.3 Å². The molecule has 0 saturated heterocycles. The molecule has 0 heterocycles. The Hall–Kier alpha value is -1.58. The molecule has 0 aromatic heterocycles. The summed E-state index contributed by atoms with van der Waals surface area (Å²) < 4.78 is 0. The van der Waals surface area contributed by atoms with E-state index in [2.05, 4.69) is 17.5 Å². The summed E-state index contributed by atoms with van der Waals surface area (Å²) in [6.07, 6.45) is 11.7. The molecule has 0 radical (unpaired) electrons.